The van der Waals surface area contributed by atoms with Crippen molar-refractivity contribution in [2.45, 2.75) is 20.1 Å². The van der Waals surface area contributed by atoms with Crippen molar-refractivity contribution in [3.63, 3.8) is 0 Å². The normalized spacial score (nSPS) is 14.7. The van der Waals surface area contributed by atoms with Crippen molar-refractivity contribution in [1.82, 2.24) is 4.90 Å². The third kappa shape index (κ3) is 5.87. The van der Waals surface area contributed by atoms with Crippen LogP contribution in [0.4, 0.5) is 9.18 Å². The molecule has 8 heteroatoms. The molecule has 174 valence electrons. The zero-order valence-corrected chi connectivity index (χ0v) is 20.7. The number of hydrogen-bond acceptors (Lipinski definition) is 5. The van der Waals surface area contributed by atoms with Gasteiger partial charge < -0.3 is 9.47 Å². The Morgan fingerprint density at radius 2 is 1.76 bits per heavy atom. The van der Waals surface area contributed by atoms with E-state index in [-0.39, 0.29) is 30.1 Å². The van der Waals surface area contributed by atoms with Gasteiger partial charge >= 0.3 is 0 Å². The van der Waals surface area contributed by atoms with Crippen LogP contribution in [0.3, 0.4) is 0 Å². The lowest BCUT2D eigenvalue weighted by molar-refractivity contribution is -0.123. The quantitative estimate of drug-likeness (QED) is 0.293. The van der Waals surface area contributed by atoms with Gasteiger partial charge in [0.2, 0.25) is 0 Å². The second kappa shape index (κ2) is 10.9. The second-order valence-corrected chi connectivity index (χ2v) is 9.36. The number of benzene rings is 3. The summed E-state index contributed by atoms with van der Waals surface area (Å²) >= 11 is 4.32. The van der Waals surface area contributed by atoms with E-state index < -0.39 is 0 Å². The zero-order chi connectivity index (χ0) is 24.1. The molecule has 0 N–H and O–H groups in total. The molecule has 1 aliphatic rings. The largest absolute Gasteiger partial charge is 0.490 e. The Hall–Kier alpha value is -3.10. The number of carbonyl (C=O) groups excluding carboxylic acids is 2. The van der Waals surface area contributed by atoms with E-state index in [1.807, 2.05) is 31.2 Å². The molecule has 0 saturated carbocycles. The molecule has 0 aliphatic carbocycles. The Labute approximate surface area is 209 Å². The van der Waals surface area contributed by atoms with Crippen molar-refractivity contribution in [3.8, 4) is 11.5 Å². The number of thioether (sulfide) groups is 1. The number of imide groups is 1. The first-order valence-corrected chi connectivity index (χ1v) is 12.2. The lowest BCUT2D eigenvalue weighted by Crippen LogP contribution is -2.27. The molecule has 2 amide bonds. The van der Waals surface area contributed by atoms with Crippen molar-refractivity contribution >= 4 is 44.9 Å². The highest BCUT2D eigenvalue weighted by atomic mass is 79.9. The molecule has 1 heterocycles. The van der Waals surface area contributed by atoms with Gasteiger partial charge in [-0.15, -0.1) is 0 Å². The predicted molar refractivity (Wildman–Crippen MR) is 134 cm³/mol. The van der Waals surface area contributed by atoms with E-state index in [9.17, 15) is 14.0 Å². The molecule has 4 rings (SSSR count). The summed E-state index contributed by atoms with van der Waals surface area (Å²) in [5.74, 6) is 0.423. The predicted octanol–water partition coefficient (Wildman–Crippen LogP) is 6.80. The Morgan fingerprint density at radius 3 is 2.50 bits per heavy atom. The summed E-state index contributed by atoms with van der Waals surface area (Å²) in [6.07, 6.45) is 1.68. The Morgan fingerprint density at radius 1 is 0.971 bits per heavy atom. The maximum atomic E-state index is 13.1. The number of ether oxygens (including phenoxy) is 2. The van der Waals surface area contributed by atoms with Crippen LogP contribution in [0.15, 0.2) is 76.1 Å². The highest BCUT2D eigenvalue weighted by Crippen LogP contribution is 2.35. The Kier molecular flexibility index (Phi) is 7.70. The molecule has 0 spiro atoms. The average Bonchev–Trinajstić information content (AvgIpc) is 3.07. The van der Waals surface area contributed by atoms with Crippen molar-refractivity contribution in [1.29, 1.82) is 0 Å². The van der Waals surface area contributed by atoms with Crippen LogP contribution >= 0.6 is 27.7 Å². The third-order valence-corrected chi connectivity index (χ3v) is 6.38. The van der Waals surface area contributed by atoms with Crippen LogP contribution in [-0.2, 0) is 17.9 Å². The van der Waals surface area contributed by atoms with Crippen LogP contribution in [0.5, 0.6) is 11.5 Å². The number of hydrogen-bond donors (Lipinski definition) is 0. The number of halogens is 2. The Balaban J connectivity index is 1.50. The SMILES string of the molecule is CCOc1cc(/C=C2\SC(=O)N(Cc3cccc(Br)c3)C2=O)ccc1OCc1ccc(F)cc1. The molecule has 0 aromatic heterocycles. The van der Waals surface area contributed by atoms with Gasteiger partial charge in [0.1, 0.15) is 12.4 Å². The first kappa shape index (κ1) is 24.0. The summed E-state index contributed by atoms with van der Waals surface area (Å²) in [6.45, 7) is 2.76. The average molecular weight is 542 g/mol. The van der Waals surface area contributed by atoms with Crippen molar-refractivity contribution in [2.24, 2.45) is 0 Å². The van der Waals surface area contributed by atoms with Crippen molar-refractivity contribution in [3.05, 3.63) is 98.6 Å². The van der Waals surface area contributed by atoms with E-state index in [0.717, 1.165) is 27.4 Å². The standard InChI is InChI=1S/C26H21BrFNO4S/c1-2-32-23-13-18(8-11-22(23)33-16-17-6-9-21(28)10-7-17)14-24-25(30)29(26(31)34-24)15-19-4-3-5-20(27)12-19/h3-14H,2,15-16H2,1H3/b24-14-. The van der Waals surface area contributed by atoms with Gasteiger partial charge in [-0.3, -0.25) is 14.5 Å². The summed E-state index contributed by atoms with van der Waals surface area (Å²) < 4.78 is 25.6. The first-order chi connectivity index (χ1) is 16.4. The number of rotatable bonds is 8. The molecular weight excluding hydrogens is 521 g/mol. The molecule has 3 aromatic carbocycles. The fraction of sp³-hybridized carbons (Fsp3) is 0.154. The highest BCUT2D eigenvalue weighted by molar-refractivity contribution is 9.10. The fourth-order valence-electron chi connectivity index (χ4n) is 3.35. The fourth-order valence-corrected chi connectivity index (χ4v) is 4.63. The molecular formula is C26H21BrFNO4S. The van der Waals surface area contributed by atoms with E-state index in [2.05, 4.69) is 15.9 Å². The van der Waals surface area contributed by atoms with E-state index >= 15 is 0 Å². The van der Waals surface area contributed by atoms with E-state index in [0.29, 0.717) is 28.6 Å². The van der Waals surface area contributed by atoms with Gasteiger partial charge in [0.15, 0.2) is 11.5 Å². The van der Waals surface area contributed by atoms with Crippen LogP contribution < -0.4 is 9.47 Å². The maximum absolute atomic E-state index is 13.1. The summed E-state index contributed by atoms with van der Waals surface area (Å²) in [6, 6.07) is 18.9. The number of carbonyl (C=O) groups is 2. The van der Waals surface area contributed by atoms with E-state index in [1.165, 1.54) is 17.0 Å². The lowest BCUT2D eigenvalue weighted by Gasteiger charge is -2.13. The molecule has 0 atom stereocenters. The van der Waals surface area contributed by atoms with Crippen molar-refractivity contribution in [2.75, 3.05) is 6.61 Å². The van der Waals surface area contributed by atoms with Crippen LogP contribution in [-0.4, -0.2) is 22.7 Å². The first-order valence-electron chi connectivity index (χ1n) is 10.6. The van der Waals surface area contributed by atoms with Gasteiger partial charge in [0, 0.05) is 4.47 Å². The number of nitrogens with zero attached hydrogens (tertiary/aromatic N) is 1. The molecule has 0 radical (unpaired) electrons. The minimum absolute atomic E-state index is 0.210. The van der Waals surface area contributed by atoms with Crippen LogP contribution in [0.25, 0.3) is 6.08 Å². The van der Waals surface area contributed by atoms with Gasteiger partial charge in [0.05, 0.1) is 18.1 Å². The maximum Gasteiger partial charge on any atom is 0.293 e. The van der Waals surface area contributed by atoms with Crippen LogP contribution in [0.1, 0.15) is 23.6 Å². The molecule has 34 heavy (non-hydrogen) atoms. The van der Waals surface area contributed by atoms with Gasteiger partial charge in [-0.2, -0.15) is 0 Å². The molecule has 0 bridgehead atoms. The summed E-state index contributed by atoms with van der Waals surface area (Å²) in [5, 5.41) is -0.305. The van der Waals surface area contributed by atoms with E-state index in [4.69, 9.17) is 9.47 Å². The Bertz CT molecular complexity index is 1250. The van der Waals surface area contributed by atoms with E-state index in [1.54, 1.807) is 36.4 Å². The summed E-state index contributed by atoms with van der Waals surface area (Å²) in [4.78, 5) is 27.0. The molecule has 1 fully saturated rings. The highest BCUT2D eigenvalue weighted by Gasteiger charge is 2.35. The van der Waals surface area contributed by atoms with Gasteiger partial charge in [0.25, 0.3) is 11.1 Å². The van der Waals surface area contributed by atoms with Crippen LogP contribution in [0, 0.1) is 5.82 Å². The van der Waals surface area contributed by atoms with Gasteiger partial charge in [-0.1, -0.05) is 46.3 Å². The summed E-state index contributed by atoms with van der Waals surface area (Å²) in [5.41, 5.74) is 2.40. The molecule has 3 aromatic rings. The smallest absolute Gasteiger partial charge is 0.293 e. The summed E-state index contributed by atoms with van der Waals surface area (Å²) in [7, 11) is 0. The van der Waals surface area contributed by atoms with Crippen molar-refractivity contribution < 1.29 is 23.5 Å². The molecule has 1 aliphatic heterocycles. The van der Waals surface area contributed by atoms with Crippen LogP contribution in [0.2, 0.25) is 0 Å². The minimum Gasteiger partial charge on any atom is -0.490 e. The molecule has 5 nitrogen and oxygen atoms in total. The lowest BCUT2D eigenvalue weighted by atomic mass is 10.1. The minimum atomic E-state index is -0.329. The second-order valence-electron chi connectivity index (χ2n) is 7.45. The monoisotopic (exact) mass is 541 g/mol. The molecule has 1 saturated heterocycles. The zero-order valence-electron chi connectivity index (χ0n) is 18.3. The topological polar surface area (TPSA) is 55.8 Å². The number of amides is 2. The molecule has 0 unspecified atom stereocenters. The van der Waals surface area contributed by atoms with Gasteiger partial charge in [-0.25, -0.2) is 4.39 Å². The van der Waals surface area contributed by atoms with Gasteiger partial charge in [-0.05, 0) is 77.9 Å². The third-order valence-electron chi connectivity index (χ3n) is 4.98.